The van der Waals surface area contributed by atoms with Crippen molar-refractivity contribution in [2.45, 2.75) is 26.3 Å². The van der Waals surface area contributed by atoms with Gasteiger partial charge in [-0.15, -0.1) is 0 Å². The molecule has 0 atom stereocenters. The van der Waals surface area contributed by atoms with E-state index < -0.39 is 0 Å². The van der Waals surface area contributed by atoms with Crippen molar-refractivity contribution >= 4 is 22.7 Å². The van der Waals surface area contributed by atoms with Crippen LogP contribution in [0.5, 0.6) is 0 Å². The van der Waals surface area contributed by atoms with E-state index in [-0.39, 0.29) is 23.5 Å². The average Bonchev–Trinajstić information content (AvgIpc) is 2.77. The Bertz CT molecular complexity index is 1070. The van der Waals surface area contributed by atoms with Crippen molar-refractivity contribution in [1.29, 1.82) is 0 Å². The maximum atomic E-state index is 13.0. The number of piperidine rings is 1. The number of carbonyl (C=O) groups is 2. The highest BCUT2D eigenvalue weighted by Crippen LogP contribution is 2.22. The van der Waals surface area contributed by atoms with Crippen LogP contribution in [0, 0.1) is 18.7 Å². The maximum Gasteiger partial charge on any atom is 0.255 e. The lowest BCUT2D eigenvalue weighted by molar-refractivity contribution is -0.126. The second-order valence-electron chi connectivity index (χ2n) is 7.72. The van der Waals surface area contributed by atoms with Crippen LogP contribution < -0.4 is 5.32 Å². The number of nitrogens with one attached hydrogen (secondary N) is 1. The first kappa shape index (κ1) is 20.0. The minimum absolute atomic E-state index is 0.0185. The Balaban J connectivity index is 1.34. The number of aryl methyl sites for hydroxylation is 1. The van der Waals surface area contributed by atoms with Gasteiger partial charge in [0.2, 0.25) is 5.91 Å². The molecule has 154 valence electrons. The summed E-state index contributed by atoms with van der Waals surface area (Å²) in [5.41, 5.74) is 3.07. The minimum Gasteiger partial charge on any atom is -0.352 e. The summed E-state index contributed by atoms with van der Waals surface area (Å²) in [5.74, 6) is -0.463. The molecule has 0 spiro atoms. The fourth-order valence-electron chi connectivity index (χ4n) is 3.88. The lowest BCUT2D eigenvalue weighted by atomic mass is 9.95. The smallest absolute Gasteiger partial charge is 0.255 e. The Labute approximate surface area is 174 Å². The van der Waals surface area contributed by atoms with E-state index >= 15 is 0 Å². The quantitative estimate of drug-likeness (QED) is 0.717. The molecule has 1 aromatic heterocycles. The SMILES string of the molecule is Cc1nc2ccccc2cc1C(=O)N1CCC(C(=O)NCc2ccc(F)cc2)CC1. The molecule has 2 amide bonds. The zero-order chi connectivity index (χ0) is 21.1. The summed E-state index contributed by atoms with van der Waals surface area (Å²) in [6.07, 6.45) is 1.25. The summed E-state index contributed by atoms with van der Waals surface area (Å²) in [6.45, 7) is 3.31. The molecule has 0 unspecified atom stereocenters. The molecule has 3 aromatic rings. The van der Waals surface area contributed by atoms with Crippen molar-refractivity contribution in [3.8, 4) is 0 Å². The van der Waals surface area contributed by atoms with Crippen LogP contribution in [0.15, 0.2) is 54.6 Å². The summed E-state index contributed by atoms with van der Waals surface area (Å²) >= 11 is 0. The van der Waals surface area contributed by atoms with Gasteiger partial charge in [0, 0.05) is 30.9 Å². The van der Waals surface area contributed by atoms with Crippen LogP contribution in [0.3, 0.4) is 0 Å². The Morgan fingerprint density at radius 1 is 1.10 bits per heavy atom. The van der Waals surface area contributed by atoms with E-state index in [0.29, 0.717) is 38.0 Å². The Morgan fingerprint density at radius 2 is 1.80 bits per heavy atom. The molecule has 1 aliphatic rings. The van der Waals surface area contributed by atoms with Crippen LogP contribution in [0.25, 0.3) is 10.9 Å². The molecular weight excluding hydrogens is 381 g/mol. The zero-order valence-electron chi connectivity index (χ0n) is 16.9. The number of amides is 2. The van der Waals surface area contributed by atoms with Gasteiger partial charge in [-0.05, 0) is 49.6 Å². The summed E-state index contributed by atoms with van der Waals surface area (Å²) < 4.78 is 13.0. The molecule has 1 saturated heterocycles. The van der Waals surface area contributed by atoms with Crippen LogP contribution in [0.4, 0.5) is 4.39 Å². The van der Waals surface area contributed by atoms with Crippen LogP contribution in [0.1, 0.15) is 34.5 Å². The highest BCUT2D eigenvalue weighted by molar-refractivity contribution is 5.98. The molecule has 5 nitrogen and oxygen atoms in total. The molecule has 0 aliphatic carbocycles. The van der Waals surface area contributed by atoms with Crippen molar-refractivity contribution in [3.05, 3.63) is 77.2 Å². The molecule has 2 heterocycles. The van der Waals surface area contributed by atoms with E-state index in [1.807, 2.05) is 42.2 Å². The van der Waals surface area contributed by atoms with Crippen molar-refractivity contribution < 1.29 is 14.0 Å². The van der Waals surface area contributed by atoms with Gasteiger partial charge in [-0.3, -0.25) is 14.6 Å². The third-order valence-corrected chi connectivity index (χ3v) is 5.68. The van der Waals surface area contributed by atoms with Gasteiger partial charge in [0.25, 0.3) is 5.91 Å². The Kier molecular flexibility index (Phi) is 5.74. The number of para-hydroxylation sites is 1. The van der Waals surface area contributed by atoms with Crippen molar-refractivity contribution in [2.24, 2.45) is 5.92 Å². The van der Waals surface area contributed by atoms with Gasteiger partial charge in [0.05, 0.1) is 16.8 Å². The van der Waals surface area contributed by atoms with Gasteiger partial charge in [0.1, 0.15) is 5.82 Å². The molecular formula is C24H24FN3O2. The lowest BCUT2D eigenvalue weighted by Gasteiger charge is -2.31. The largest absolute Gasteiger partial charge is 0.352 e. The number of rotatable bonds is 4. The number of benzene rings is 2. The average molecular weight is 405 g/mol. The normalized spacial score (nSPS) is 14.7. The van der Waals surface area contributed by atoms with E-state index in [1.165, 1.54) is 12.1 Å². The monoisotopic (exact) mass is 405 g/mol. The van der Waals surface area contributed by atoms with Gasteiger partial charge in [-0.1, -0.05) is 30.3 Å². The maximum absolute atomic E-state index is 13.0. The number of pyridine rings is 1. The second kappa shape index (κ2) is 8.61. The Morgan fingerprint density at radius 3 is 2.53 bits per heavy atom. The molecule has 1 fully saturated rings. The van der Waals surface area contributed by atoms with Gasteiger partial charge in [-0.2, -0.15) is 0 Å². The minimum atomic E-state index is -0.293. The molecule has 30 heavy (non-hydrogen) atoms. The zero-order valence-corrected chi connectivity index (χ0v) is 16.9. The molecule has 0 radical (unpaired) electrons. The predicted molar refractivity (Wildman–Crippen MR) is 113 cm³/mol. The van der Waals surface area contributed by atoms with Crippen LogP contribution in [-0.2, 0) is 11.3 Å². The number of likely N-dealkylation sites (tertiary alicyclic amines) is 1. The molecule has 4 rings (SSSR count). The Hall–Kier alpha value is -3.28. The number of carbonyl (C=O) groups excluding carboxylic acids is 2. The topological polar surface area (TPSA) is 62.3 Å². The van der Waals surface area contributed by atoms with E-state index in [2.05, 4.69) is 10.3 Å². The fourth-order valence-corrected chi connectivity index (χ4v) is 3.88. The molecule has 0 saturated carbocycles. The number of hydrogen-bond acceptors (Lipinski definition) is 3. The number of aromatic nitrogens is 1. The molecule has 1 aliphatic heterocycles. The van der Waals surface area contributed by atoms with Gasteiger partial charge < -0.3 is 10.2 Å². The predicted octanol–water partition coefficient (Wildman–Crippen LogP) is 3.85. The molecule has 1 N–H and O–H groups in total. The van der Waals surface area contributed by atoms with Gasteiger partial charge in [0.15, 0.2) is 0 Å². The van der Waals surface area contributed by atoms with Crippen LogP contribution in [0.2, 0.25) is 0 Å². The van der Waals surface area contributed by atoms with E-state index in [4.69, 9.17) is 0 Å². The fraction of sp³-hybridized carbons (Fsp3) is 0.292. The standard InChI is InChI=1S/C24H24FN3O2/c1-16-21(14-19-4-2-3-5-22(19)27-16)24(30)28-12-10-18(11-13-28)23(29)26-15-17-6-8-20(25)9-7-17/h2-9,14,18H,10-13,15H2,1H3,(H,26,29). The number of nitrogens with zero attached hydrogens (tertiary/aromatic N) is 2. The molecule has 2 aromatic carbocycles. The molecule has 6 heteroatoms. The first-order valence-corrected chi connectivity index (χ1v) is 10.2. The van der Waals surface area contributed by atoms with Crippen LogP contribution in [-0.4, -0.2) is 34.8 Å². The summed E-state index contributed by atoms with van der Waals surface area (Å²) in [4.78, 5) is 31.9. The first-order chi connectivity index (χ1) is 14.5. The van der Waals surface area contributed by atoms with Crippen molar-refractivity contribution in [3.63, 3.8) is 0 Å². The van der Waals surface area contributed by atoms with Crippen molar-refractivity contribution in [2.75, 3.05) is 13.1 Å². The summed E-state index contributed by atoms with van der Waals surface area (Å²) in [5, 5.41) is 3.86. The van der Waals surface area contributed by atoms with Gasteiger partial charge in [-0.25, -0.2) is 4.39 Å². The highest BCUT2D eigenvalue weighted by atomic mass is 19.1. The first-order valence-electron chi connectivity index (χ1n) is 10.2. The van der Waals surface area contributed by atoms with E-state index in [1.54, 1.807) is 12.1 Å². The summed E-state index contributed by atoms with van der Waals surface area (Å²) in [7, 11) is 0. The second-order valence-corrected chi connectivity index (χ2v) is 7.72. The molecule has 0 bridgehead atoms. The summed E-state index contributed by atoms with van der Waals surface area (Å²) in [6, 6.07) is 15.8. The number of halogens is 1. The third kappa shape index (κ3) is 4.32. The van der Waals surface area contributed by atoms with Crippen LogP contribution >= 0.6 is 0 Å². The van der Waals surface area contributed by atoms with Crippen molar-refractivity contribution in [1.82, 2.24) is 15.2 Å². The number of hydrogen-bond donors (Lipinski definition) is 1. The third-order valence-electron chi connectivity index (χ3n) is 5.68. The van der Waals surface area contributed by atoms with Gasteiger partial charge >= 0.3 is 0 Å². The van der Waals surface area contributed by atoms with E-state index in [9.17, 15) is 14.0 Å². The van der Waals surface area contributed by atoms with E-state index in [0.717, 1.165) is 22.2 Å². The lowest BCUT2D eigenvalue weighted by Crippen LogP contribution is -2.43. The highest BCUT2D eigenvalue weighted by Gasteiger charge is 2.28. The number of fused-ring (bicyclic) bond motifs is 1.